The summed E-state index contributed by atoms with van der Waals surface area (Å²) in [6, 6.07) is 0. The predicted molar refractivity (Wildman–Crippen MR) is 55.6 cm³/mol. The van der Waals surface area contributed by atoms with E-state index in [4.69, 9.17) is 20.1 Å². The zero-order chi connectivity index (χ0) is 12.6. The summed E-state index contributed by atoms with van der Waals surface area (Å²) in [6.45, 7) is 1.59. The molecule has 0 amide bonds. The van der Waals surface area contributed by atoms with Crippen LogP contribution in [0.2, 0.25) is 0 Å². The normalized spacial score (nSPS) is 19.1. The van der Waals surface area contributed by atoms with Gasteiger partial charge in [-0.05, 0) is 6.92 Å². The molecule has 0 rings (SSSR count). The molecule has 0 heterocycles. The smallest absolute Gasteiger partial charge is 0.151 e. The minimum Gasteiger partial charge on any atom is -0.394 e. The summed E-state index contributed by atoms with van der Waals surface area (Å²) in [4.78, 5) is 0. The lowest BCUT2D eigenvalue weighted by Crippen LogP contribution is -2.45. The van der Waals surface area contributed by atoms with Crippen molar-refractivity contribution in [3.8, 4) is 0 Å². The van der Waals surface area contributed by atoms with Crippen LogP contribution in [0.25, 0.3) is 0 Å². The van der Waals surface area contributed by atoms with Crippen molar-refractivity contribution in [3.63, 3.8) is 0 Å². The van der Waals surface area contributed by atoms with Gasteiger partial charge in [-0.1, -0.05) is 0 Å². The summed E-state index contributed by atoms with van der Waals surface area (Å²) in [5.74, 6) is 0. The summed E-state index contributed by atoms with van der Waals surface area (Å²) >= 11 is 0. The molecule has 0 spiro atoms. The van der Waals surface area contributed by atoms with Gasteiger partial charge < -0.3 is 35.6 Å². The number of hydrogen-bond donors (Lipinski definition) is 6. The second kappa shape index (κ2) is 8.82. The van der Waals surface area contributed by atoms with Gasteiger partial charge in [-0.2, -0.15) is 0 Å². The molecule has 4 unspecified atom stereocenters. The van der Waals surface area contributed by atoms with Gasteiger partial charge in [0.1, 0.15) is 12.2 Å². The van der Waals surface area contributed by atoms with E-state index in [-0.39, 0.29) is 13.2 Å². The molecule has 6 N–H and O–H groups in total. The third-order valence-electron chi connectivity index (χ3n) is 1.97. The van der Waals surface area contributed by atoms with E-state index >= 15 is 0 Å². The molecule has 0 bridgehead atoms. The Kier molecular flexibility index (Phi) is 8.67. The first-order valence-corrected chi connectivity index (χ1v) is 5.14. The quantitative estimate of drug-likeness (QED) is 0.187. The standard InChI is InChI=1S/C9H21NO6/c1-6(12)16-3-2-10-4-7(13)9(15)8(14)5-11/h6-15H,2-5H2,1H3. The van der Waals surface area contributed by atoms with Gasteiger partial charge in [-0.15, -0.1) is 0 Å². The first-order valence-electron chi connectivity index (χ1n) is 5.14. The van der Waals surface area contributed by atoms with Crippen molar-refractivity contribution in [2.75, 3.05) is 26.3 Å². The summed E-state index contributed by atoms with van der Waals surface area (Å²) in [5.41, 5.74) is 0. The van der Waals surface area contributed by atoms with E-state index in [2.05, 4.69) is 5.32 Å². The van der Waals surface area contributed by atoms with Crippen molar-refractivity contribution in [2.24, 2.45) is 0 Å². The van der Waals surface area contributed by atoms with E-state index in [0.717, 1.165) is 0 Å². The maximum Gasteiger partial charge on any atom is 0.151 e. The van der Waals surface area contributed by atoms with Gasteiger partial charge >= 0.3 is 0 Å². The lowest BCUT2D eigenvalue weighted by Gasteiger charge is -2.21. The molecule has 0 aromatic carbocycles. The highest BCUT2D eigenvalue weighted by Crippen LogP contribution is 1.98. The lowest BCUT2D eigenvalue weighted by molar-refractivity contribution is -0.0869. The Labute approximate surface area is 94.3 Å². The first kappa shape index (κ1) is 15.7. The molecule has 0 aliphatic rings. The fourth-order valence-electron chi connectivity index (χ4n) is 1.04. The van der Waals surface area contributed by atoms with E-state index in [0.29, 0.717) is 6.54 Å². The second-order valence-corrected chi connectivity index (χ2v) is 3.48. The van der Waals surface area contributed by atoms with E-state index in [9.17, 15) is 10.2 Å². The van der Waals surface area contributed by atoms with Gasteiger partial charge in [0.25, 0.3) is 0 Å². The fraction of sp³-hybridized carbons (Fsp3) is 1.00. The number of ether oxygens (including phenoxy) is 1. The van der Waals surface area contributed by atoms with Crippen LogP contribution in [-0.2, 0) is 4.74 Å². The highest BCUT2D eigenvalue weighted by molar-refractivity contribution is 4.76. The Morgan fingerprint density at radius 2 is 1.75 bits per heavy atom. The summed E-state index contributed by atoms with van der Waals surface area (Å²) in [7, 11) is 0. The highest BCUT2D eigenvalue weighted by Gasteiger charge is 2.23. The molecule has 0 saturated carbocycles. The highest BCUT2D eigenvalue weighted by atomic mass is 16.6. The summed E-state index contributed by atoms with van der Waals surface area (Å²) < 4.78 is 4.81. The van der Waals surface area contributed by atoms with Crippen LogP contribution in [0.15, 0.2) is 0 Å². The maximum absolute atomic E-state index is 9.35. The van der Waals surface area contributed by atoms with Crippen molar-refractivity contribution < 1.29 is 30.3 Å². The van der Waals surface area contributed by atoms with Crippen molar-refractivity contribution in [1.29, 1.82) is 0 Å². The topological polar surface area (TPSA) is 122 Å². The van der Waals surface area contributed by atoms with Crippen molar-refractivity contribution in [1.82, 2.24) is 5.32 Å². The molecule has 0 aliphatic carbocycles. The van der Waals surface area contributed by atoms with Crippen molar-refractivity contribution >= 4 is 0 Å². The van der Waals surface area contributed by atoms with E-state index in [1.807, 2.05) is 0 Å². The average molecular weight is 239 g/mol. The summed E-state index contributed by atoms with van der Waals surface area (Å²) in [6.07, 6.45) is -4.76. The monoisotopic (exact) mass is 239 g/mol. The molecule has 4 atom stereocenters. The Morgan fingerprint density at radius 3 is 2.25 bits per heavy atom. The number of aliphatic hydroxyl groups excluding tert-OH is 5. The number of aliphatic hydroxyl groups is 5. The summed E-state index contributed by atoms with van der Waals surface area (Å²) in [5, 5.41) is 47.7. The third kappa shape index (κ3) is 7.07. The molecular weight excluding hydrogens is 218 g/mol. The largest absolute Gasteiger partial charge is 0.394 e. The van der Waals surface area contributed by atoms with Gasteiger partial charge in [0.15, 0.2) is 6.29 Å². The van der Waals surface area contributed by atoms with Crippen LogP contribution in [0.5, 0.6) is 0 Å². The minimum atomic E-state index is -1.39. The van der Waals surface area contributed by atoms with Crippen LogP contribution in [0.4, 0.5) is 0 Å². The average Bonchev–Trinajstić information content (AvgIpc) is 2.25. The molecule has 0 aromatic heterocycles. The Hall–Kier alpha value is -0.280. The Bertz CT molecular complexity index is 168. The molecule has 0 radical (unpaired) electrons. The molecule has 98 valence electrons. The Balaban J connectivity index is 3.53. The molecular formula is C9H21NO6. The van der Waals surface area contributed by atoms with Gasteiger partial charge in [0.05, 0.1) is 19.3 Å². The molecule has 7 nitrogen and oxygen atoms in total. The molecule has 0 aromatic rings. The first-order chi connectivity index (χ1) is 7.49. The van der Waals surface area contributed by atoms with Gasteiger partial charge in [-0.25, -0.2) is 0 Å². The SMILES string of the molecule is CC(O)OCCNCC(O)C(O)C(O)CO. The van der Waals surface area contributed by atoms with Crippen LogP contribution in [0, 0.1) is 0 Å². The van der Waals surface area contributed by atoms with Crippen LogP contribution < -0.4 is 5.32 Å². The third-order valence-corrected chi connectivity index (χ3v) is 1.97. The van der Waals surface area contributed by atoms with Crippen LogP contribution in [-0.4, -0.2) is 76.4 Å². The number of nitrogens with one attached hydrogen (secondary N) is 1. The van der Waals surface area contributed by atoms with Crippen molar-refractivity contribution in [2.45, 2.75) is 31.5 Å². The van der Waals surface area contributed by atoms with E-state index < -0.39 is 31.2 Å². The van der Waals surface area contributed by atoms with Gasteiger partial charge in [0, 0.05) is 13.1 Å². The Morgan fingerprint density at radius 1 is 1.12 bits per heavy atom. The van der Waals surface area contributed by atoms with Crippen LogP contribution >= 0.6 is 0 Å². The number of hydrogen-bond acceptors (Lipinski definition) is 7. The predicted octanol–water partition coefficient (Wildman–Crippen LogP) is -2.99. The molecule has 0 aliphatic heterocycles. The van der Waals surface area contributed by atoms with E-state index in [1.54, 1.807) is 0 Å². The molecule has 0 saturated heterocycles. The van der Waals surface area contributed by atoms with Crippen LogP contribution in [0.1, 0.15) is 6.92 Å². The second-order valence-electron chi connectivity index (χ2n) is 3.48. The molecule has 16 heavy (non-hydrogen) atoms. The zero-order valence-electron chi connectivity index (χ0n) is 9.28. The molecule has 0 fully saturated rings. The lowest BCUT2D eigenvalue weighted by atomic mass is 10.1. The maximum atomic E-state index is 9.35. The van der Waals surface area contributed by atoms with Gasteiger partial charge in [0.2, 0.25) is 0 Å². The fourth-order valence-corrected chi connectivity index (χ4v) is 1.04. The van der Waals surface area contributed by atoms with Gasteiger partial charge in [-0.3, -0.25) is 0 Å². The number of rotatable bonds is 9. The zero-order valence-corrected chi connectivity index (χ0v) is 9.28. The van der Waals surface area contributed by atoms with Crippen LogP contribution in [0.3, 0.4) is 0 Å². The molecule has 7 heteroatoms. The minimum absolute atomic E-state index is 0.0569. The van der Waals surface area contributed by atoms with E-state index in [1.165, 1.54) is 6.92 Å². The van der Waals surface area contributed by atoms with Crippen molar-refractivity contribution in [3.05, 3.63) is 0 Å².